The number of Topliss-reactive ketones (excluding diaryl/α,β-unsaturated/α-hetero) is 1. The molecule has 2 aromatic rings. The number of ketones is 1. The average Bonchev–Trinajstić information content (AvgIpc) is 2.81. The van der Waals surface area contributed by atoms with Crippen LogP contribution in [0.2, 0.25) is 0 Å². The smallest absolute Gasteiger partial charge is 0.202 e. The fourth-order valence-electron chi connectivity index (χ4n) is 1.86. The number of carbonyl (C=O) groups is 1. The summed E-state index contributed by atoms with van der Waals surface area (Å²) in [5, 5.41) is 3.25. The summed E-state index contributed by atoms with van der Waals surface area (Å²) in [6, 6.07) is 2.24. The van der Waals surface area contributed by atoms with Crippen molar-refractivity contribution in [3.63, 3.8) is 0 Å². The highest BCUT2D eigenvalue weighted by Crippen LogP contribution is 2.25. The summed E-state index contributed by atoms with van der Waals surface area (Å²) < 4.78 is 32.3. The van der Waals surface area contributed by atoms with Crippen LogP contribution in [0.5, 0.6) is 0 Å². The Morgan fingerprint density at radius 1 is 1.44 bits per heavy atom. The Bertz CT molecular complexity index is 592. The van der Waals surface area contributed by atoms with Crippen LogP contribution in [0.1, 0.15) is 24.2 Å². The molecule has 3 nitrogen and oxygen atoms in total. The van der Waals surface area contributed by atoms with Gasteiger partial charge in [0.25, 0.3) is 0 Å². The average molecular weight is 253 g/mol. The van der Waals surface area contributed by atoms with Crippen molar-refractivity contribution in [3.8, 4) is 0 Å². The van der Waals surface area contributed by atoms with Crippen molar-refractivity contribution in [2.24, 2.45) is 0 Å². The van der Waals surface area contributed by atoms with Gasteiger partial charge >= 0.3 is 0 Å². The maximum absolute atomic E-state index is 13.8. The van der Waals surface area contributed by atoms with Crippen LogP contribution < -0.4 is 5.32 Å². The quantitative estimate of drug-likeness (QED) is 0.852. The highest BCUT2D eigenvalue weighted by molar-refractivity contribution is 6.02. The summed E-state index contributed by atoms with van der Waals surface area (Å²) in [5.41, 5.74) is -0.421. The van der Waals surface area contributed by atoms with E-state index in [1.165, 1.54) is 18.4 Å². The molecule has 0 bridgehead atoms. The van der Waals surface area contributed by atoms with E-state index >= 15 is 0 Å². The molecular formula is C13H13F2NO2. The normalized spacial score (nSPS) is 12.9. The van der Waals surface area contributed by atoms with E-state index in [1.807, 2.05) is 6.92 Å². The van der Waals surface area contributed by atoms with Gasteiger partial charge in [-0.05, 0) is 25.6 Å². The Kier molecular flexibility index (Phi) is 3.43. The molecule has 5 heteroatoms. The van der Waals surface area contributed by atoms with Crippen LogP contribution in [0.3, 0.4) is 0 Å². The lowest BCUT2D eigenvalue weighted by Gasteiger charge is -2.12. The molecule has 1 aromatic carbocycles. The van der Waals surface area contributed by atoms with Gasteiger partial charge in [0, 0.05) is 5.39 Å². The van der Waals surface area contributed by atoms with Crippen LogP contribution in [0.4, 0.5) is 8.78 Å². The third-order valence-corrected chi connectivity index (χ3v) is 2.79. The van der Waals surface area contributed by atoms with E-state index in [4.69, 9.17) is 4.42 Å². The van der Waals surface area contributed by atoms with Gasteiger partial charge in [0.15, 0.2) is 17.2 Å². The van der Waals surface area contributed by atoms with Crippen molar-refractivity contribution in [1.29, 1.82) is 0 Å². The molecule has 0 fully saturated rings. The molecule has 0 radical (unpaired) electrons. The number of rotatable bonds is 4. The van der Waals surface area contributed by atoms with Gasteiger partial charge in [-0.25, -0.2) is 4.39 Å². The summed E-state index contributed by atoms with van der Waals surface area (Å²) in [4.78, 5) is 12.0. The standard InChI is InChI=1S/C13H13F2NO2/c1-3-16-7(2)12(17)9-6-8-4-5-18-13(8)11(15)10(9)14/h4-7,16H,3H2,1-2H3. The zero-order valence-electron chi connectivity index (χ0n) is 10.1. The number of benzene rings is 1. The zero-order valence-corrected chi connectivity index (χ0v) is 10.1. The number of likely N-dealkylation sites (N-methyl/N-ethyl adjacent to an activating group) is 1. The number of carbonyl (C=O) groups excluding carboxylic acids is 1. The van der Waals surface area contributed by atoms with Crippen LogP contribution in [0.25, 0.3) is 11.0 Å². The summed E-state index contributed by atoms with van der Waals surface area (Å²) in [7, 11) is 0. The van der Waals surface area contributed by atoms with E-state index in [0.29, 0.717) is 11.9 Å². The van der Waals surface area contributed by atoms with Gasteiger partial charge in [0.2, 0.25) is 5.82 Å². The van der Waals surface area contributed by atoms with Gasteiger partial charge in [-0.15, -0.1) is 0 Å². The minimum Gasteiger partial charge on any atom is -0.461 e. The predicted octanol–water partition coefficient (Wildman–Crippen LogP) is 2.89. The number of hydrogen-bond acceptors (Lipinski definition) is 3. The predicted molar refractivity (Wildman–Crippen MR) is 63.6 cm³/mol. The van der Waals surface area contributed by atoms with E-state index in [0.717, 1.165) is 0 Å². The second-order valence-electron chi connectivity index (χ2n) is 4.03. The van der Waals surface area contributed by atoms with Gasteiger partial charge in [-0.1, -0.05) is 6.92 Å². The van der Waals surface area contributed by atoms with Crippen LogP contribution in [-0.2, 0) is 0 Å². The Labute approximate surface area is 103 Å². The molecular weight excluding hydrogens is 240 g/mol. The van der Waals surface area contributed by atoms with Crippen molar-refractivity contribution in [2.45, 2.75) is 19.9 Å². The molecule has 2 rings (SSSR count). The second kappa shape index (κ2) is 4.86. The lowest BCUT2D eigenvalue weighted by atomic mass is 10.0. The molecule has 0 saturated heterocycles. The molecule has 0 aliphatic rings. The molecule has 1 unspecified atom stereocenters. The number of fused-ring (bicyclic) bond motifs is 1. The van der Waals surface area contributed by atoms with Gasteiger partial charge in [-0.3, -0.25) is 4.79 Å². The molecule has 18 heavy (non-hydrogen) atoms. The summed E-state index contributed by atoms with van der Waals surface area (Å²) in [6.45, 7) is 4.02. The van der Waals surface area contributed by atoms with Gasteiger partial charge < -0.3 is 9.73 Å². The van der Waals surface area contributed by atoms with Crippen molar-refractivity contribution < 1.29 is 18.0 Å². The number of halogens is 2. The first-order chi connectivity index (χ1) is 8.56. The number of hydrogen-bond donors (Lipinski definition) is 1. The van der Waals surface area contributed by atoms with Crippen molar-refractivity contribution >= 4 is 16.8 Å². The zero-order chi connectivity index (χ0) is 13.3. The first kappa shape index (κ1) is 12.7. The Morgan fingerprint density at radius 2 is 2.17 bits per heavy atom. The number of furan rings is 1. The minimum absolute atomic E-state index is 0.167. The van der Waals surface area contributed by atoms with Crippen molar-refractivity contribution in [1.82, 2.24) is 5.32 Å². The van der Waals surface area contributed by atoms with Crippen LogP contribution in [0.15, 0.2) is 22.8 Å². The van der Waals surface area contributed by atoms with Crippen LogP contribution in [-0.4, -0.2) is 18.4 Å². The maximum Gasteiger partial charge on any atom is 0.202 e. The van der Waals surface area contributed by atoms with Gasteiger partial charge in [0.1, 0.15) is 0 Å². The molecule has 0 saturated carbocycles. The SMILES string of the molecule is CCNC(C)C(=O)c1cc2ccoc2c(F)c1F. The maximum atomic E-state index is 13.8. The fraction of sp³-hybridized carbons (Fsp3) is 0.308. The van der Waals surface area contributed by atoms with E-state index < -0.39 is 23.5 Å². The fourth-order valence-corrected chi connectivity index (χ4v) is 1.86. The van der Waals surface area contributed by atoms with Crippen LogP contribution >= 0.6 is 0 Å². The lowest BCUT2D eigenvalue weighted by Crippen LogP contribution is -2.34. The van der Waals surface area contributed by atoms with Crippen molar-refractivity contribution in [2.75, 3.05) is 6.54 Å². The molecule has 96 valence electrons. The van der Waals surface area contributed by atoms with E-state index in [9.17, 15) is 13.6 Å². The van der Waals surface area contributed by atoms with Crippen molar-refractivity contribution in [3.05, 3.63) is 35.6 Å². The van der Waals surface area contributed by atoms with Crippen LogP contribution in [0, 0.1) is 11.6 Å². The molecule has 1 heterocycles. The summed E-state index contributed by atoms with van der Waals surface area (Å²) in [6.07, 6.45) is 1.26. The lowest BCUT2D eigenvalue weighted by molar-refractivity contribution is 0.0947. The Hall–Kier alpha value is -1.75. The highest BCUT2D eigenvalue weighted by Gasteiger charge is 2.23. The number of nitrogens with one attached hydrogen (secondary N) is 1. The second-order valence-corrected chi connectivity index (χ2v) is 4.03. The van der Waals surface area contributed by atoms with Gasteiger partial charge in [-0.2, -0.15) is 4.39 Å². The molecule has 0 aliphatic carbocycles. The largest absolute Gasteiger partial charge is 0.461 e. The first-order valence-corrected chi connectivity index (χ1v) is 5.69. The first-order valence-electron chi connectivity index (χ1n) is 5.69. The molecule has 0 aliphatic heterocycles. The Balaban J connectivity index is 2.50. The molecule has 1 N–H and O–H groups in total. The van der Waals surface area contributed by atoms with E-state index in [-0.39, 0.29) is 11.1 Å². The van der Waals surface area contributed by atoms with Gasteiger partial charge in [0.05, 0.1) is 17.9 Å². The molecule has 0 spiro atoms. The molecule has 1 atom stereocenters. The topological polar surface area (TPSA) is 42.2 Å². The third kappa shape index (κ3) is 2.01. The monoisotopic (exact) mass is 253 g/mol. The molecule has 1 aromatic heterocycles. The van der Waals surface area contributed by atoms with E-state index in [2.05, 4.69) is 5.32 Å². The summed E-state index contributed by atoms with van der Waals surface area (Å²) in [5.74, 6) is -2.76. The third-order valence-electron chi connectivity index (χ3n) is 2.79. The highest BCUT2D eigenvalue weighted by atomic mass is 19.2. The Morgan fingerprint density at radius 3 is 2.83 bits per heavy atom. The van der Waals surface area contributed by atoms with E-state index in [1.54, 1.807) is 6.92 Å². The summed E-state index contributed by atoms with van der Waals surface area (Å²) >= 11 is 0. The minimum atomic E-state index is -1.16. The molecule has 0 amide bonds.